The highest BCUT2D eigenvalue weighted by Gasteiger charge is 2.16. The van der Waals surface area contributed by atoms with Crippen molar-refractivity contribution >= 4 is 17.8 Å². The van der Waals surface area contributed by atoms with Gasteiger partial charge in [-0.15, -0.1) is 0 Å². The van der Waals surface area contributed by atoms with Gasteiger partial charge in [0.2, 0.25) is 5.91 Å². The van der Waals surface area contributed by atoms with Gasteiger partial charge in [-0.05, 0) is 36.5 Å². The second-order valence-electron chi connectivity index (χ2n) is 6.77. The van der Waals surface area contributed by atoms with E-state index in [2.05, 4.69) is 5.32 Å². The predicted octanol–water partition coefficient (Wildman–Crippen LogP) is 3.59. The molecule has 0 aliphatic carbocycles. The Morgan fingerprint density at radius 3 is 2.21 bits per heavy atom. The predicted molar refractivity (Wildman–Crippen MR) is 110 cm³/mol. The molecule has 6 nitrogen and oxygen atoms in total. The van der Waals surface area contributed by atoms with Crippen LogP contribution in [0.5, 0.6) is 0 Å². The minimum Gasteiger partial charge on any atom is -0.481 e. The number of esters is 1. The van der Waals surface area contributed by atoms with E-state index in [1.54, 1.807) is 6.92 Å². The lowest BCUT2D eigenvalue weighted by molar-refractivity contribution is -0.143. The summed E-state index contributed by atoms with van der Waals surface area (Å²) >= 11 is 0. The van der Waals surface area contributed by atoms with Gasteiger partial charge in [0.05, 0.1) is 13.0 Å². The molecule has 0 aliphatic heterocycles. The molecular weight excluding hydrogens is 370 g/mol. The van der Waals surface area contributed by atoms with Crippen LogP contribution in [0.4, 0.5) is 0 Å². The van der Waals surface area contributed by atoms with Crippen LogP contribution < -0.4 is 5.32 Å². The minimum atomic E-state index is -1.01. The lowest BCUT2D eigenvalue weighted by atomic mass is 9.98. The molecular formula is C23H27NO5. The second kappa shape index (κ2) is 11.6. The topological polar surface area (TPSA) is 92.7 Å². The maximum absolute atomic E-state index is 12.1. The van der Waals surface area contributed by atoms with Crippen molar-refractivity contribution in [1.29, 1.82) is 0 Å². The normalized spacial score (nSPS) is 11.5. The number of benzene rings is 2. The average molecular weight is 397 g/mol. The van der Waals surface area contributed by atoms with E-state index in [-0.39, 0.29) is 37.2 Å². The quantitative estimate of drug-likeness (QED) is 0.565. The minimum absolute atomic E-state index is 0.0851. The van der Waals surface area contributed by atoms with Crippen LogP contribution in [0.3, 0.4) is 0 Å². The number of rotatable bonds is 11. The Morgan fingerprint density at radius 1 is 0.931 bits per heavy atom. The van der Waals surface area contributed by atoms with Gasteiger partial charge >= 0.3 is 11.9 Å². The van der Waals surface area contributed by atoms with E-state index in [1.165, 1.54) is 0 Å². The van der Waals surface area contributed by atoms with Crippen molar-refractivity contribution in [1.82, 2.24) is 5.32 Å². The summed E-state index contributed by atoms with van der Waals surface area (Å²) in [4.78, 5) is 34.4. The fourth-order valence-corrected chi connectivity index (χ4v) is 3.02. The number of ether oxygens (including phenoxy) is 1. The zero-order chi connectivity index (χ0) is 21.1. The Kier molecular flexibility index (Phi) is 8.89. The molecule has 0 fully saturated rings. The van der Waals surface area contributed by atoms with Gasteiger partial charge in [-0.25, -0.2) is 0 Å². The van der Waals surface area contributed by atoms with Crippen LogP contribution in [0, 0.1) is 0 Å². The summed E-state index contributed by atoms with van der Waals surface area (Å²) in [5.41, 5.74) is 3.25. The van der Waals surface area contributed by atoms with Crippen molar-refractivity contribution in [3.8, 4) is 11.1 Å². The molecule has 0 bridgehead atoms. The van der Waals surface area contributed by atoms with Gasteiger partial charge in [0, 0.05) is 18.9 Å². The number of carboxylic acids is 1. The summed E-state index contributed by atoms with van der Waals surface area (Å²) in [7, 11) is 0. The molecule has 29 heavy (non-hydrogen) atoms. The summed E-state index contributed by atoms with van der Waals surface area (Å²) in [6.07, 6.45) is 0.867. The van der Waals surface area contributed by atoms with Crippen molar-refractivity contribution in [3.63, 3.8) is 0 Å². The molecule has 0 saturated carbocycles. The molecule has 0 heterocycles. The Balaban J connectivity index is 2.01. The first kappa shape index (κ1) is 22.1. The highest BCUT2D eigenvalue weighted by Crippen LogP contribution is 2.20. The number of nitrogens with one attached hydrogen (secondary N) is 1. The molecule has 0 saturated heterocycles. The van der Waals surface area contributed by atoms with Gasteiger partial charge in [-0.3, -0.25) is 14.4 Å². The van der Waals surface area contributed by atoms with Crippen LogP contribution in [0.15, 0.2) is 54.6 Å². The smallest absolute Gasteiger partial charge is 0.305 e. The van der Waals surface area contributed by atoms with Crippen LogP contribution in [0.25, 0.3) is 11.1 Å². The molecule has 1 amide bonds. The fraction of sp³-hybridized carbons (Fsp3) is 0.348. The Bertz CT molecular complexity index is 802. The Hall–Kier alpha value is -3.15. The Labute approximate surface area is 170 Å². The number of carbonyl (C=O) groups excluding carboxylic acids is 2. The first-order chi connectivity index (χ1) is 14.0. The van der Waals surface area contributed by atoms with Crippen molar-refractivity contribution < 1.29 is 24.2 Å². The molecule has 6 heteroatoms. The zero-order valence-electron chi connectivity index (χ0n) is 16.6. The number of carbonyl (C=O) groups is 3. The van der Waals surface area contributed by atoms with Crippen LogP contribution in [-0.4, -0.2) is 35.6 Å². The summed E-state index contributed by atoms with van der Waals surface area (Å²) in [5.74, 6) is -1.65. The van der Waals surface area contributed by atoms with Crippen LogP contribution in [0.2, 0.25) is 0 Å². The van der Waals surface area contributed by atoms with E-state index in [1.807, 2.05) is 54.6 Å². The van der Waals surface area contributed by atoms with Gasteiger partial charge in [0.25, 0.3) is 0 Å². The molecule has 2 N–H and O–H groups in total. The number of hydrogen-bond acceptors (Lipinski definition) is 4. The van der Waals surface area contributed by atoms with Crippen molar-refractivity contribution in [2.24, 2.45) is 0 Å². The maximum atomic E-state index is 12.1. The molecule has 0 spiro atoms. The zero-order valence-corrected chi connectivity index (χ0v) is 16.6. The van der Waals surface area contributed by atoms with Gasteiger partial charge in [-0.2, -0.15) is 0 Å². The van der Waals surface area contributed by atoms with Crippen LogP contribution in [0.1, 0.15) is 38.2 Å². The van der Waals surface area contributed by atoms with Crippen LogP contribution >= 0.6 is 0 Å². The van der Waals surface area contributed by atoms with E-state index in [0.717, 1.165) is 16.7 Å². The molecule has 154 valence electrons. The third-order valence-electron chi connectivity index (χ3n) is 4.48. The molecule has 2 aromatic rings. The lowest BCUT2D eigenvalue weighted by Crippen LogP contribution is -2.37. The molecule has 0 aromatic heterocycles. The summed E-state index contributed by atoms with van der Waals surface area (Å²) < 4.78 is 4.96. The van der Waals surface area contributed by atoms with E-state index >= 15 is 0 Å². The maximum Gasteiger partial charge on any atom is 0.305 e. The Morgan fingerprint density at radius 2 is 1.59 bits per heavy atom. The SMILES string of the molecule is CCOC(=O)CCC(Cc1ccc(-c2ccccc2)cc1)NC(=O)CCC(=O)O. The summed E-state index contributed by atoms with van der Waals surface area (Å²) in [6.45, 7) is 2.06. The second-order valence-corrected chi connectivity index (χ2v) is 6.77. The van der Waals surface area contributed by atoms with Gasteiger partial charge in [-0.1, -0.05) is 54.6 Å². The van der Waals surface area contributed by atoms with E-state index < -0.39 is 5.97 Å². The van der Waals surface area contributed by atoms with E-state index in [0.29, 0.717) is 19.4 Å². The fourth-order valence-electron chi connectivity index (χ4n) is 3.02. The first-order valence-corrected chi connectivity index (χ1v) is 9.79. The molecule has 0 aliphatic rings. The number of carboxylic acid groups (broad SMARTS) is 1. The third-order valence-corrected chi connectivity index (χ3v) is 4.48. The summed E-state index contributed by atoms with van der Waals surface area (Å²) in [6, 6.07) is 17.8. The largest absolute Gasteiger partial charge is 0.481 e. The monoisotopic (exact) mass is 397 g/mol. The molecule has 1 unspecified atom stereocenters. The van der Waals surface area contributed by atoms with Crippen molar-refractivity contribution in [2.45, 2.75) is 45.1 Å². The highest BCUT2D eigenvalue weighted by atomic mass is 16.5. The van der Waals surface area contributed by atoms with E-state index in [4.69, 9.17) is 9.84 Å². The number of amides is 1. The summed E-state index contributed by atoms with van der Waals surface area (Å²) in [5, 5.41) is 11.6. The standard InChI is InChI=1S/C23H27NO5/c1-2-29-23(28)15-12-20(24-21(25)13-14-22(26)27)16-17-8-10-19(11-9-17)18-6-4-3-5-7-18/h3-11,20H,2,12-16H2,1H3,(H,24,25)(H,26,27). The molecule has 1 atom stereocenters. The lowest BCUT2D eigenvalue weighted by Gasteiger charge is -2.19. The van der Waals surface area contributed by atoms with E-state index in [9.17, 15) is 14.4 Å². The first-order valence-electron chi connectivity index (χ1n) is 9.79. The number of aliphatic carboxylic acids is 1. The average Bonchev–Trinajstić information content (AvgIpc) is 2.72. The number of hydrogen-bond donors (Lipinski definition) is 2. The van der Waals surface area contributed by atoms with Crippen LogP contribution in [-0.2, 0) is 25.5 Å². The van der Waals surface area contributed by atoms with Gasteiger partial charge < -0.3 is 15.2 Å². The molecule has 0 radical (unpaired) electrons. The highest BCUT2D eigenvalue weighted by molar-refractivity contribution is 5.81. The van der Waals surface area contributed by atoms with Crippen molar-refractivity contribution in [2.75, 3.05) is 6.61 Å². The third kappa shape index (κ3) is 8.17. The molecule has 2 rings (SSSR count). The van der Waals surface area contributed by atoms with Crippen molar-refractivity contribution in [3.05, 3.63) is 60.2 Å². The van der Waals surface area contributed by atoms with Gasteiger partial charge in [0.15, 0.2) is 0 Å². The molecule has 2 aromatic carbocycles. The van der Waals surface area contributed by atoms with Gasteiger partial charge in [0.1, 0.15) is 0 Å².